The van der Waals surface area contributed by atoms with Crippen LogP contribution < -0.4 is 5.73 Å². The Bertz CT molecular complexity index is 149. The summed E-state index contributed by atoms with van der Waals surface area (Å²) in [5.74, 6) is 0. The topological polar surface area (TPSA) is 35.2 Å². The Balaban J connectivity index is 3.82. The third-order valence-corrected chi connectivity index (χ3v) is 1.30. The molecular formula is C9H19NO. The molecule has 66 valence electrons. The summed E-state index contributed by atoms with van der Waals surface area (Å²) in [5.41, 5.74) is 7.55. The zero-order valence-corrected chi connectivity index (χ0v) is 8.19. The minimum absolute atomic E-state index is 0.0972. The maximum atomic E-state index is 5.68. The van der Waals surface area contributed by atoms with Gasteiger partial charge in [0.25, 0.3) is 0 Å². The molecule has 11 heavy (non-hydrogen) atoms. The van der Waals surface area contributed by atoms with E-state index in [1.807, 2.05) is 34.6 Å². The zero-order valence-electron chi connectivity index (χ0n) is 8.19. The lowest BCUT2D eigenvalue weighted by Crippen LogP contribution is -2.22. The number of nitrogens with two attached hydrogens (primary N) is 1. The predicted molar refractivity (Wildman–Crippen MR) is 48.3 cm³/mol. The van der Waals surface area contributed by atoms with Gasteiger partial charge in [0.2, 0.25) is 0 Å². The third kappa shape index (κ3) is 5.92. The predicted octanol–water partition coefficient (Wildman–Crippen LogP) is 2.05. The van der Waals surface area contributed by atoms with Gasteiger partial charge in [0.1, 0.15) is 0 Å². The molecule has 0 aromatic rings. The van der Waals surface area contributed by atoms with Crippen molar-refractivity contribution in [1.29, 1.82) is 0 Å². The molecule has 0 fully saturated rings. The highest BCUT2D eigenvalue weighted by Gasteiger charge is 2.09. The van der Waals surface area contributed by atoms with Gasteiger partial charge in [-0.2, -0.15) is 0 Å². The van der Waals surface area contributed by atoms with E-state index in [9.17, 15) is 0 Å². The van der Waals surface area contributed by atoms with Crippen LogP contribution in [0.4, 0.5) is 0 Å². The highest BCUT2D eigenvalue weighted by atomic mass is 16.5. The highest BCUT2D eigenvalue weighted by Crippen LogP contribution is 2.08. The summed E-state index contributed by atoms with van der Waals surface area (Å²) in [7, 11) is 0. The van der Waals surface area contributed by atoms with Crippen LogP contribution in [-0.4, -0.2) is 12.2 Å². The zero-order chi connectivity index (χ0) is 9.07. The SMILES string of the molecule is CC(C)=C(N)COC(C)(C)C. The maximum Gasteiger partial charge on any atom is 0.0866 e. The Morgan fingerprint density at radius 2 is 1.73 bits per heavy atom. The number of ether oxygens (including phenoxy) is 1. The molecule has 0 aromatic heterocycles. The normalized spacial score (nSPS) is 11.4. The van der Waals surface area contributed by atoms with Crippen LogP contribution in [0.15, 0.2) is 11.3 Å². The van der Waals surface area contributed by atoms with Crippen LogP contribution in [0.25, 0.3) is 0 Å². The minimum Gasteiger partial charge on any atom is -0.400 e. The molecule has 0 saturated carbocycles. The maximum absolute atomic E-state index is 5.68. The minimum atomic E-state index is -0.0972. The van der Waals surface area contributed by atoms with Crippen molar-refractivity contribution < 1.29 is 4.74 Å². The van der Waals surface area contributed by atoms with E-state index in [1.54, 1.807) is 0 Å². The summed E-state index contributed by atoms with van der Waals surface area (Å²) >= 11 is 0. The van der Waals surface area contributed by atoms with E-state index in [0.717, 1.165) is 11.3 Å². The molecule has 2 nitrogen and oxygen atoms in total. The molecule has 0 spiro atoms. The van der Waals surface area contributed by atoms with Gasteiger partial charge in [-0.05, 0) is 34.6 Å². The largest absolute Gasteiger partial charge is 0.400 e. The molecule has 2 N–H and O–H groups in total. The first-order valence-corrected chi connectivity index (χ1v) is 3.89. The third-order valence-electron chi connectivity index (χ3n) is 1.30. The van der Waals surface area contributed by atoms with Crippen molar-refractivity contribution in [3.05, 3.63) is 11.3 Å². The molecule has 0 heterocycles. The van der Waals surface area contributed by atoms with Crippen LogP contribution in [0, 0.1) is 0 Å². The molecular weight excluding hydrogens is 138 g/mol. The van der Waals surface area contributed by atoms with Gasteiger partial charge in [0.15, 0.2) is 0 Å². The Morgan fingerprint density at radius 1 is 1.27 bits per heavy atom. The Labute approximate surface area is 69.4 Å². The molecule has 0 atom stereocenters. The van der Waals surface area contributed by atoms with E-state index in [0.29, 0.717) is 6.61 Å². The summed E-state index contributed by atoms with van der Waals surface area (Å²) in [6.07, 6.45) is 0. The number of rotatable bonds is 2. The van der Waals surface area contributed by atoms with Gasteiger partial charge in [0, 0.05) is 5.70 Å². The molecule has 0 radical (unpaired) electrons. The first-order chi connectivity index (χ1) is 4.83. The van der Waals surface area contributed by atoms with Crippen molar-refractivity contribution in [3.63, 3.8) is 0 Å². The van der Waals surface area contributed by atoms with Crippen LogP contribution in [-0.2, 0) is 4.74 Å². The number of hydrogen-bond acceptors (Lipinski definition) is 2. The second kappa shape index (κ2) is 3.77. The molecule has 0 aliphatic carbocycles. The lowest BCUT2D eigenvalue weighted by molar-refractivity contribution is 0.0104. The molecule has 0 aromatic carbocycles. The van der Waals surface area contributed by atoms with Crippen LogP contribution >= 0.6 is 0 Å². The summed E-state index contributed by atoms with van der Waals surface area (Å²) in [5, 5.41) is 0. The van der Waals surface area contributed by atoms with Gasteiger partial charge in [-0.15, -0.1) is 0 Å². The van der Waals surface area contributed by atoms with Crippen LogP contribution in [0.1, 0.15) is 34.6 Å². The van der Waals surface area contributed by atoms with E-state index in [2.05, 4.69) is 0 Å². The summed E-state index contributed by atoms with van der Waals surface area (Å²) in [4.78, 5) is 0. The van der Waals surface area contributed by atoms with Crippen LogP contribution in [0.3, 0.4) is 0 Å². The van der Waals surface area contributed by atoms with Gasteiger partial charge >= 0.3 is 0 Å². The summed E-state index contributed by atoms with van der Waals surface area (Å²) < 4.78 is 5.47. The molecule has 0 bridgehead atoms. The van der Waals surface area contributed by atoms with Crippen molar-refractivity contribution >= 4 is 0 Å². The Kier molecular flexibility index (Phi) is 3.59. The fraction of sp³-hybridized carbons (Fsp3) is 0.778. The van der Waals surface area contributed by atoms with Gasteiger partial charge in [0.05, 0.1) is 12.2 Å². The molecule has 0 saturated heterocycles. The van der Waals surface area contributed by atoms with Crippen molar-refractivity contribution in [3.8, 4) is 0 Å². The second-order valence-corrected chi connectivity index (χ2v) is 3.93. The van der Waals surface area contributed by atoms with E-state index < -0.39 is 0 Å². The monoisotopic (exact) mass is 157 g/mol. The van der Waals surface area contributed by atoms with Crippen LogP contribution in [0.5, 0.6) is 0 Å². The van der Waals surface area contributed by atoms with Crippen molar-refractivity contribution in [2.24, 2.45) is 5.73 Å². The van der Waals surface area contributed by atoms with Gasteiger partial charge in [-0.25, -0.2) is 0 Å². The molecule has 0 rings (SSSR count). The standard InChI is InChI=1S/C9H19NO/c1-7(2)8(10)6-11-9(3,4)5/h6,10H2,1-5H3. The fourth-order valence-corrected chi connectivity index (χ4v) is 0.439. The summed E-state index contributed by atoms with van der Waals surface area (Å²) in [6.45, 7) is 10.6. The average Bonchev–Trinajstić information content (AvgIpc) is 1.80. The second-order valence-electron chi connectivity index (χ2n) is 3.93. The fourth-order valence-electron chi connectivity index (χ4n) is 0.439. The first-order valence-electron chi connectivity index (χ1n) is 3.89. The van der Waals surface area contributed by atoms with E-state index in [4.69, 9.17) is 10.5 Å². The van der Waals surface area contributed by atoms with Gasteiger partial charge in [-0.3, -0.25) is 0 Å². The smallest absolute Gasteiger partial charge is 0.0866 e. The van der Waals surface area contributed by atoms with Crippen molar-refractivity contribution in [2.45, 2.75) is 40.2 Å². The highest BCUT2D eigenvalue weighted by molar-refractivity contribution is 5.05. The lowest BCUT2D eigenvalue weighted by atomic mass is 10.2. The molecule has 0 amide bonds. The molecule has 0 aliphatic heterocycles. The van der Waals surface area contributed by atoms with E-state index in [-0.39, 0.29) is 5.60 Å². The summed E-state index contributed by atoms with van der Waals surface area (Å²) in [6, 6.07) is 0. The van der Waals surface area contributed by atoms with Gasteiger partial charge < -0.3 is 10.5 Å². The first kappa shape index (κ1) is 10.5. The Hall–Kier alpha value is -0.500. The molecule has 0 aliphatic rings. The van der Waals surface area contributed by atoms with E-state index >= 15 is 0 Å². The van der Waals surface area contributed by atoms with Gasteiger partial charge in [-0.1, -0.05) is 5.57 Å². The number of hydrogen-bond donors (Lipinski definition) is 1. The van der Waals surface area contributed by atoms with Crippen molar-refractivity contribution in [1.82, 2.24) is 0 Å². The number of allylic oxidation sites excluding steroid dienone is 1. The Morgan fingerprint density at radius 3 is 2.00 bits per heavy atom. The average molecular weight is 157 g/mol. The van der Waals surface area contributed by atoms with Crippen molar-refractivity contribution in [2.75, 3.05) is 6.61 Å². The molecule has 2 heteroatoms. The lowest BCUT2D eigenvalue weighted by Gasteiger charge is -2.19. The van der Waals surface area contributed by atoms with Crippen LogP contribution in [0.2, 0.25) is 0 Å². The van der Waals surface area contributed by atoms with E-state index in [1.165, 1.54) is 0 Å². The quantitative estimate of drug-likeness (QED) is 0.666. The molecule has 0 unspecified atom stereocenters.